The first-order chi connectivity index (χ1) is 14.6. The molecule has 0 aromatic heterocycles. The molecular formula is C17H21Br3ClIO10. The molecule has 1 aromatic rings. The van der Waals surface area contributed by atoms with Gasteiger partial charge in [-0.1, -0.05) is 101 Å². The summed E-state index contributed by atoms with van der Waals surface area (Å²) in [4.78, 5) is 47.6. The molecule has 1 atom stereocenters. The number of hydrogen-bond acceptors (Lipinski definition) is 5. The Labute approximate surface area is 227 Å². The molecule has 10 nitrogen and oxygen atoms in total. The van der Waals surface area contributed by atoms with Gasteiger partial charge in [-0.05, 0) is 12.5 Å². The van der Waals surface area contributed by atoms with Crippen molar-refractivity contribution in [3.8, 4) is 0 Å². The molecule has 1 rings (SSSR count). The molecule has 0 amide bonds. The number of rotatable bonds is 6. The lowest BCUT2D eigenvalue weighted by Gasteiger charge is -1.92. The number of carbonyl (C=O) groups is 5. The predicted octanol–water partition coefficient (Wildman–Crippen LogP) is 4.17. The smallest absolute Gasteiger partial charge is 0.328 e. The van der Waals surface area contributed by atoms with Crippen LogP contribution >= 0.6 is 82.0 Å². The lowest BCUT2D eigenvalue weighted by Crippen LogP contribution is -2.06. The minimum Gasteiger partial charge on any atom is -0.481 e. The van der Waals surface area contributed by atoms with Crippen LogP contribution in [0.5, 0.6) is 0 Å². The number of aliphatic carboxylic acids is 5. The number of carboxylic acids is 5. The standard InChI is InChI=1S/C8H8O2.C3H5BrO2.C2H2Br2O2.C2H3ClO2.C2H3IO2/c9-8(10)6-7-4-2-1-3-5-7;1-2(4)3(5)6;3-1(4)2(5)6;2*3-1-2(4)5/h1-5H,6H2,(H,9,10);2H,1H3,(H,5,6);1H,(H,5,6);2*1H2,(H,4,5). The SMILES string of the molecule is CC(Br)C(=O)O.O=C(O)C(Br)Br.O=C(O)CCl.O=C(O)CI.O=C(O)Cc1ccccc1. The summed E-state index contributed by atoms with van der Waals surface area (Å²) in [6.07, 6.45) is 0.112. The fraction of sp³-hybridized carbons (Fsp3) is 0.353. The van der Waals surface area contributed by atoms with Crippen LogP contribution in [0, 0.1) is 0 Å². The Balaban J connectivity index is -0.000000159. The van der Waals surface area contributed by atoms with Crippen LogP contribution in [0.2, 0.25) is 0 Å². The molecule has 0 bridgehead atoms. The number of alkyl halides is 5. The molecule has 0 radical (unpaired) electrons. The van der Waals surface area contributed by atoms with Gasteiger partial charge in [0.05, 0.1) is 10.8 Å². The van der Waals surface area contributed by atoms with Gasteiger partial charge in [0.25, 0.3) is 0 Å². The molecule has 0 saturated heterocycles. The second-order valence-electron chi connectivity index (χ2n) is 4.70. The number of hydrogen-bond donors (Lipinski definition) is 5. The van der Waals surface area contributed by atoms with Gasteiger partial charge in [-0.25, -0.2) is 0 Å². The molecule has 0 spiro atoms. The highest BCUT2D eigenvalue weighted by Crippen LogP contribution is 2.05. The summed E-state index contributed by atoms with van der Waals surface area (Å²) in [7, 11) is 0. The van der Waals surface area contributed by atoms with E-state index in [1.165, 1.54) is 0 Å². The zero-order valence-corrected chi connectivity index (χ0v) is 24.0. The van der Waals surface area contributed by atoms with E-state index in [-0.39, 0.29) is 16.7 Å². The summed E-state index contributed by atoms with van der Waals surface area (Å²) in [5, 5.41) is 39.5. The first kappa shape index (κ1) is 38.3. The molecule has 15 heteroatoms. The summed E-state index contributed by atoms with van der Waals surface area (Å²) in [6, 6.07) is 9.13. The first-order valence-corrected chi connectivity index (χ1v) is 12.6. The van der Waals surface area contributed by atoms with Crippen molar-refractivity contribution in [3.05, 3.63) is 35.9 Å². The molecule has 0 saturated carbocycles. The molecule has 5 N–H and O–H groups in total. The second-order valence-corrected chi connectivity index (χ2v) is 10.2. The van der Waals surface area contributed by atoms with E-state index in [0.29, 0.717) is 0 Å². The van der Waals surface area contributed by atoms with Crippen LogP contribution in [0.25, 0.3) is 0 Å². The molecule has 0 aliphatic carbocycles. The lowest BCUT2D eigenvalue weighted by atomic mass is 10.2. The van der Waals surface area contributed by atoms with E-state index in [2.05, 4.69) is 47.8 Å². The Morgan fingerprint density at radius 2 is 1.16 bits per heavy atom. The monoisotopic (exact) mass is 784 g/mol. The zero-order chi connectivity index (χ0) is 26.3. The third-order valence-corrected chi connectivity index (χ3v) is 4.01. The molecule has 1 aromatic carbocycles. The molecule has 0 aliphatic heterocycles. The van der Waals surface area contributed by atoms with Crippen molar-refractivity contribution in [2.24, 2.45) is 0 Å². The highest BCUT2D eigenvalue weighted by molar-refractivity contribution is 14.1. The third-order valence-electron chi connectivity index (χ3n) is 1.95. The molecule has 1 unspecified atom stereocenters. The summed E-state index contributed by atoms with van der Waals surface area (Å²) in [6.45, 7) is 1.56. The molecule has 0 fully saturated rings. The van der Waals surface area contributed by atoms with Crippen molar-refractivity contribution in [3.63, 3.8) is 0 Å². The highest BCUT2D eigenvalue weighted by Gasteiger charge is 2.04. The summed E-state index contributed by atoms with van der Waals surface area (Å²) in [5.74, 6) is -4.56. The molecule has 32 heavy (non-hydrogen) atoms. The maximum absolute atomic E-state index is 10.2. The van der Waals surface area contributed by atoms with Crippen LogP contribution in [0.15, 0.2) is 30.3 Å². The molecular weight excluding hydrogens is 766 g/mol. The van der Waals surface area contributed by atoms with Crippen molar-refractivity contribution in [1.29, 1.82) is 0 Å². The second kappa shape index (κ2) is 26.3. The normalized spacial score (nSPS) is 9.47. The fourth-order valence-electron chi connectivity index (χ4n) is 0.770. The first-order valence-electron chi connectivity index (χ1n) is 7.81. The molecule has 0 aliphatic rings. The van der Waals surface area contributed by atoms with E-state index in [4.69, 9.17) is 37.1 Å². The quantitative estimate of drug-likeness (QED) is 0.207. The van der Waals surface area contributed by atoms with E-state index in [9.17, 15) is 24.0 Å². The minimum atomic E-state index is -0.980. The van der Waals surface area contributed by atoms with Crippen LogP contribution in [-0.4, -0.2) is 74.3 Å². The number of halogens is 5. The highest BCUT2D eigenvalue weighted by atomic mass is 127. The van der Waals surface area contributed by atoms with E-state index < -0.39 is 38.4 Å². The van der Waals surface area contributed by atoms with E-state index in [0.717, 1.165) is 5.56 Å². The van der Waals surface area contributed by atoms with Gasteiger partial charge in [0.1, 0.15) is 10.7 Å². The van der Waals surface area contributed by atoms with Gasteiger partial charge < -0.3 is 25.5 Å². The van der Waals surface area contributed by atoms with Gasteiger partial charge in [-0.3, -0.25) is 24.0 Å². The van der Waals surface area contributed by atoms with Gasteiger partial charge in [-0.2, -0.15) is 0 Å². The Hall–Kier alpha value is -0.970. The summed E-state index contributed by atoms with van der Waals surface area (Å²) in [5.41, 5.74) is 0.843. The van der Waals surface area contributed by atoms with Crippen LogP contribution in [0.1, 0.15) is 12.5 Å². The van der Waals surface area contributed by atoms with Crippen LogP contribution in [0.4, 0.5) is 0 Å². The van der Waals surface area contributed by atoms with E-state index >= 15 is 0 Å². The Kier molecular flexibility index (Phi) is 31.5. The number of benzene rings is 1. The average molecular weight is 787 g/mol. The molecule has 184 valence electrons. The largest absolute Gasteiger partial charge is 0.481 e. The van der Waals surface area contributed by atoms with Gasteiger partial charge in [-0.15, -0.1) is 11.6 Å². The van der Waals surface area contributed by atoms with Gasteiger partial charge in [0.15, 0.2) is 3.74 Å². The summed E-state index contributed by atoms with van der Waals surface area (Å²) < 4.78 is -0.414. The van der Waals surface area contributed by atoms with Crippen molar-refractivity contribution < 1.29 is 49.5 Å². The maximum Gasteiger partial charge on any atom is 0.328 e. The Morgan fingerprint density at radius 3 is 1.31 bits per heavy atom. The van der Waals surface area contributed by atoms with Crippen molar-refractivity contribution in [2.75, 3.05) is 10.3 Å². The van der Waals surface area contributed by atoms with Gasteiger partial charge >= 0.3 is 29.8 Å². The van der Waals surface area contributed by atoms with E-state index in [1.807, 2.05) is 18.2 Å². The van der Waals surface area contributed by atoms with Crippen LogP contribution < -0.4 is 0 Å². The molecule has 0 heterocycles. The number of carboxylic acid groups (broad SMARTS) is 5. The minimum absolute atomic E-state index is 0.112. The van der Waals surface area contributed by atoms with Crippen molar-refractivity contribution >= 4 is 112 Å². The maximum atomic E-state index is 10.2. The topological polar surface area (TPSA) is 186 Å². The fourth-order valence-corrected chi connectivity index (χ4v) is 0.770. The van der Waals surface area contributed by atoms with Crippen molar-refractivity contribution in [1.82, 2.24) is 0 Å². The van der Waals surface area contributed by atoms with Crippen molar-refractivity contribution in [2.45, 2.75) is 21.9 Å². The third kappa shape index (κ3) is 43.0. The Morgan fingerprint density at radius 1 is 0.844 bits per heavy atom. The van der Waals surface area contributed by atoms with Crippen LogP contribution in [0.3, 0.4) is 0 Å². The average Bonchev–Trinajstić information content (AvgIpc) is 2.69. The van der Waals surface area contributed by atoms with E-state index in [1.54, 1.807) is 41.6 Å². The van der Waals surface area contributed by atoms with Gasteiger partial charge in [0.2, 0.25) is 0 Å². The van der Waals surface area contributed by atoms with Gasteiger partial charge in [0, 0.05) is 0 Å². The predicted molar refractivity (Wildman–Crippen MR) is 138 cm³/mol. The zero-order valence-electron chi connectivity index (χ0n) is 16.3. The summed E-state index contributed by atoms with van der Waals surface area (Å²) >= 11 is 14.9. The lowest BCUT2D eigenvalue weighted by molar-refractivity contribution is -0.137. The Bertz CT molecular complexity index is 644. The van der Waals surface area contributed by atoms with Crippen LogP contribution in [-0.2, 0) is 30.4 Å².